The monoisotopic (exact) mass is 456 g/mol. The molecule has 0 spiro atoms. The van der Waals surface area contributed by atoms with Crippen LogP contribution in [0, 0.1) is 0 Å². The first kappa shape index (κ1) is 26.4. The molecule has 1 aromatic carbocycles. The van der Waals surface area contributed by atoms with Crippen LogP contribution in [-0.4, -0.2) is 81.6 Å². The number of aliphatic carboxylic acids is 1. The van der Waals surface area contributed by atoms with E-state index in [0.717, 1.165) is 0 Å². The number of hydrogen-bond donors (Lipinski definition) is 8. The Labute approximate surface area is 184 Å². The minimum Gasteiger partial charge on any atom is -0.480 e. The summed E-state index contributed by atoms with van der Waals surface area (Å²) >= 11 is 4.03. The maximum Gasteiger partial charge on any atom is 0.328 e. The fourth-order valence-electron chi connectivity index (χ4n) is 2.47. The molecule has 0 aromatic heterocycles. The van der Waals surface area contributed by atoms with E-state index in [1.165, 1.54) is 6.92 Å². The number of benzene rings is 1. The molecular weight excluding hydrogens is 428 g/mol. The molecule has 0 aliphatic rings. The minimum absolute atomic E-state index is 0.0244. The standard InChI is InChI=1S/C19H28N4O7S/c1-10(25)15(20)18(28)23-14(9-31)17(27)21-12(7-11-5-3-2-4-6-11)16(26)22-13(8-24)19(29)30/h2-6,10,12-15,24-25,31H,7-9,20H2,1H3,(H,21,27)(H,22,26)(H,23,28)(H,29,30). The summed E-state index contributed by atoms with van der Waals surface area (Å²) in [6.07, 6.45) is -1.12. The van der Waals surface area contributed by atoms with Gasteiger partial charge in [0.15, 0.2) is 0 Å². The van der Waals surface area contributed by atoms with Crippen LogP contribution >= 0.6 is 12.6 Å². The van der Waals surface area contributed by atoms with Crippen molar-refractivity contribution in [3.63, 3.8) is 0 Å². The number of thiol groups is 1. The van der Waals surface area contributed by atoms with E-state index in [1.54, 1.807) is 30.3 Å². The van der Waals surface area contributed by atoms with E-state index in [9.17, 15) is 24.3 Å². The summed E-state index contributed by atoms with van der Waals surface area (Å²) in [5.74, 6) is -3.93. The van der Waals surface area contributed by atoms with Crippen molar-refractivity contribution >= 4 is 36.3 Å². The quantitative estimate of drug-likeness (QED) is 0.157. The van der Waals surface area contributed by atoms with Crippen molar-refractivity contribution in [3.05, 3.63) is 35.9 Å². The van der Waals surface area contributed by atoms with E-state index >= 15 is 0 Å². The van der Waals surface area contributed by atoms with Gasteiger partial charge >= 0.3 is 5.97 Å². The van der Waals surface area contributed by atoms with Gasteiger partial charge in [0.1, 0.15) is 24.2 Å². The summed E-state index contributed by atoms with van der Waals surface area (Å²) in [6, 6.07) is 3.47. The number of aliphatic hydroxyl groups is 2. The molecule has 0 fully saturated rings. The number of carbonyl (C=O) groups is 4. The van der Waals surface area contributed by atoms with Gasteiger partial charge in [-0.25, -0.2) is 4.79 Å². The Morgan fingerprint density at radius 1 is 0.968 bits per heavy atom. The lowest BCUT2D eigenvalue weighted by Crippen LogP contribution is -2.59. The average Bonchev–Trinajstić information content (AvgIpc) is 2.74. The van der Waals surface area contributed by atoms with Gasteiger partial charge in [-0.2, -0.15) is 12.6 Å². The molecular formula is C19H28N4O7S. The average molecular weight is 457 g/mol. The van der Waals surface area contributed by atoms with Crippen LogP contribution in [-0.2, 0) is 25.6 Å². The third-order valence-electron chi connectivity index (χ3n) is 4.35. The van der Waals surface area contributed by atoms with Gasteiger partial charge in [0.2, 0.25) is 17.7 Å². The number of amides is 3. The van der Waals surface area contributed by atoms with Gasteiger partial charge < -0.3 is 37.0 Å². The van der Waals surface area contributed by atoms with E-state index in [0.29, 0.717) is 5.56 Å². The second kappa shape index (κ2) is 12.9. The van der Waals surface area contributed by atoms with E-state index in [1.807, 2.05) is 0 Å². The molecule has 5 unspecified atom stereocenters. The highest BCUT2D eigenvalue weighted by atomic mass is 32.1. The Balaban J connectivity index is 2.98. The Bertz CT molecular complexity index is 763. The van der Waals surface area contributed by atoms with Crippen molar-refractivity contribution in [3.8, 4) is 0 Å². The molecule has 172 valence electrons. The van der Waals surface area contributed by atoms with Crippen molar-refractivity contribution in [2.45, 2.75) is 43.6 Å². The predicted octanol–water partition coefficient (Wildman–Crippen LogP) is -2.60. The van der Waals surface area contributed by atoms with Crippen LogP contribution in [0.4, 0.5) is 0 Å². The smallest absolute Gasteiger partial charge is 0.328 e. The van der Waals surface area contributed by atoms with E-state index in [-0.39, 0.29) is 12.2 Å². The lowest BCUT2D eigenvalue weighted by atomic mass is 10.0. The first-order valence-corrected chi connectivity index (χ1v) is 10.1. The fourth-order valence-corrected chi connectivity index (χ4v) is 2.73. The first-order chi connectivity index (χ1) is 14.6. The number of carbonyl (C=O) groups excluding carboxylic acids is 3. The summed E-state index contributed by atoms with van der Waals surface area (Å²) in [6.45, 7) is 0.486. The van der Waals surface area contributed by atoms with Crippen LogP contribution in [0.3, 0.4) is 0 Å². The van der Waals surface area contributed by atoms with Gasteiger partial charge in [-0.15, -0.1) is 0 Å². The van der Waals surface area contributed by atoms with Gasteiger partial charge in [-0.05, 0) is 12.5 Å². The Hall–Kier alpha value is -2.67. The molecule has 8 N–H and O–H groups in total. The predicted molar refractivity (Wildman–Crippen MR) is 114 cm³/mol. The molecule has 0 saturated heterocycles. The summed E-state index contributed by atoms with van der Waals surface area (Å²) in [5.41, 5.74) is 6.23. The Morgan fingerprint density at radius 2 is 1.48 bits per heavy atom. The third kappa shape index (κ3) is 8.53. The van der Waals surface area contributed by atoms with Gasteiger partial charge in [0.25, 0.3) is 0 Å². The number of aliphatic hydroxyl groups excluding tert-OH is 2. The normalized spacial score (nSPS) is 15.6. The topological polar surface area (TPSA) is 191 Å². The second-order valence-corrected chi connectivity index (χ2v) is 7.21. The second-order valence-electron chi connectivity index (χ2n) is 6.84. The number of nitrogens with two attached hydrogens (primary N) is 1. The number of hydrogen-bond acceptors (Lipinski definition) is 8. The van der Waals surface area contributed by atoms with Crippen molar-refractivity contribution in [1.29, 1.82) is 0 Å². The zero-order valence-corrected chi connectivity index (χ0v) is 17.8. The molecule has 0 aliphatic carbocycles. The molecule has 0 aliphatic heterocycles. The fraction of sp³-hybridized carbons (Fsp3) is 0.474. The van der Waals surface area contributed by atoms with E-state index < -0.39 is 60.6 Å². The first-order valence-electron chi connectivity index (χ1n) is 9.43. The largest absolute Gasteiger partial charge is 0.480 e. The molecule has 1 aromatic rings. The maximum absolute atomic E-state index is 12.7. The highest BCUT2D eigenvalue weighted by molar-refractivity contribution is 7.80. The third-order valence-corrected chi connectivity index (χ3v) is 4.72. The number of carboxylic acids is 1. The van der Waals surface area contributed by atoms with Gasteiger partial charge in [-0.3, -0.25) is 14.4 Å². The minimum atomic E-state index is -1.55. The maximum atomic E-state index is 12.7. The van der Waals surface area contributed by atoms with Crippen LogP contribution in [0.2, 0.25) is 0 Å². The summed E-state index contributed by atoms with van der Waals surface area (Å²) in [7, 11) is 0. The Morgan fingerprint density at radius 3 is 1.97 bits per heavy atom. The van der Waals surface area contributed by atoms with Crippen LogP contribution in [0.5, 0.6) is 0 Å². The molecule has 1 rings (SSSR count). The molecule has 0 radical (unpaired) electrons. The summed E-state index contributed by atoms with van der Waals surface area (Å²) < 4.78 is 0. The molecule has 12 heteroatoms. The van der Waals surface area contributed by atoms with Gasteiger partial charge in [-0.1, -0.05) is 30.3 Å². The lowest BCUT2D eigenvalue weighted by Gasteiger charge is -2.24. The molecule has 0 saturated carbocycles. The zero-order valence-electron chi connectivity index (χ0n) is 16.9. The summed E-state index contributed by atoms with van der Waals surface area (Å²) in [4.78, 5) is 48.5. The molecule has 3 amide bonds. The SMILES string of the molecule is CC(O)C(N)C(=O)NC(CS)C(=O)NC(Cc1ccccc1)C(=O)NC(CO)C(=O)O. The van der Waals surface area contributed by atoms with Crippen molar-refractivity contribution in [1.82, 2.24) is 16.0 Å². The lowest BCUT2D eigenvalue weighted by molar-refractivity contribution is -0.143. The number of carboxylic acid groups (broad SMARTS) is 1. The molecule has 0 heterocycles. The molecule has 31 heavy (non-hydrogen) atoms. The van der Waals surface area contributed by atoms with Crippen LogP contribution in [0.15, 0.2) is 30.3 Å². The van der Waals surface area contributed by atoms with E-state index in [2.05, 4.69) is 28.6 Å². The zero-order chi connectivity index (χ0) is 23.6. The van der Waals surface area contributed by atoms with Crippen LogP contribution < -0.4 is 21.7 Å². The highest BCUT2D eigenvalue weighted by Crippen LogP contribution is 2.05. The highest BCUT2D eigenvalue weighted by Gasteiger charge is 2.30. The van der Waals surface area contributed by atoms with Crippen molar-refractivity contribution in [2.24, 2.45) is 5.73 Å². The molecule has 0 bridgehead atoms. The molecule has 11 nitrogen and oxygen atoms in total. The molecule has 5 atom stereocenters. The Kier molecular flexibility index (Phi) is 11.0. The number of rotatable bonds is 12. The van der Waals surface area contributed by atoms with Gasteiger partial charge in [0, 0.05) is 12.2 Å². The van der Waals surface area contributed by atoms with Crippen molar-refractivity contribution in [2.75, 3.05) is 12.4 Å². The van der Waals surface area contributed by atoms with E-state index in [4.69, 9.17) is 15.9 Å². The van der Waals surface area contributed by atoms with Gasteiger partial charge in [0.05, 0.1) is 12.7 Å². The van der Waals surface area contributed by atoms with Crippen LogP contribution in [0.25, 0.3) is 0 Å². The van der Waals surface area contributed by atoms with Crippen molar-refractivity contribution < 1.29 is 34.5 Å². The number of nitrogens with one attached hydrogen (secondary N) is 3. The summed E-state index contributed by atoms with van der Waals surface area (Å²) in [5, 5.41) is 34.6. The van der Waals surface area contributed by atoms with Crippen LogP contribution in [0.1, 0.15) is 12.5 Å².